The summed E-state index contributed by atoms with van der Waals surface area (Å²) in [6.45, 7) is 6.22. The lowest BCUT2D eigenvalue weighted by atomic mass is 9.62. The number of amides is 2. The van der Waals surface area contributed by atoms with Crippen LogP contribution in [0.5, 0.6) is 0 Å². The molecule has 0 bridgehead atoms. The Labute approximate surface area is 204 Å². The van der Waals surface area contributed by atoms with Gasteiger partial charge in [0.25, 0.3) is 5.91 Å². The minimum Gasteiger partial charge on any atom is -0.479 e. The topological polar surface area (TPSA) is 86.7 Å². The Morgan fingerprint density at radius 2 is 1.83 bits per heavy atom. The molecule has 2 aromatic rings. The standard InChI is InChI=1S/C27H32F2N2O4/c1-4-27(25(34)35,30-23(32)20-10-11-21(28)22(29)16-20)26(17-18(2)3)13-15-31(24(26)33)14-12-19-8-6-5-7-9-19/h5-11,16,18H,4,12-15,17H2,1-3H3,(H,30,32)(H,34,35). The van der Waals surface area contributed by atoms with Crippen LogP contribution in [0, 0.1) is 23.0 Å². The second-order valence-corrected chi connectivity index (χ2v) is 9.60. The lowest BCUT2D eigenvalue weighted by Crippen LogP contribution is -2.67. The van der Waals surface area contributed by atoms with Crippen molar-refractivity contribution in [1.82, 2.24) is 10.2 Å². The fourth-order valence-electron chi connectivity index (χ4n) is 5.27. The summed E-state index contributed by atoms with van der Waals surface area (Å²) in [5.74, 6) is -4.86. The van der Waals surface area contributed by atoms with Gasteiger partial charge in [-0.05, 0) is 55.4 Å². The van der Waals surface area contributed by atoms with Crippen LogP contribution < -0.4 is 5.32 Å². The monoisotopic (exact) mass is 486 g/mol. The summed E-state index contributed by atoms with van der Waals surface area (Å²) in [4.78, 5) is 41.5. The van der Waals surface area contributed by atoms with Crippen molar-refractivity contribution in [3.8, 4) is 0 Å². The number of halogens is 2. The summed E-state index contributed by atoms with van der Waals surface area (Å²) in [5.41, 5.74) is -2.45. The molecular formula is C27H32F2N2O4. The van der Waals surface area contributed by atoms with Crippen molar-refractivity contribution in [3.63, 3.8) is 0 Å². The summed E-state index contributed by atoms with van der Waals surface area (Å²) in [6, 6.07) is 12.3. The second-order valence-electron chi connectivity index (χ2n) is 9.60. The van der Waals surface area contributed by atoms with Crippen LogP contribution >= 0.6 is 0 Å². The number of carboxylic acids is 1. The molecule has 3 rings (SSSR count). The summed E-state index contributed by atoms with van der Waals surface area (Å²) >= 11 is 0. The molecule has 1 aliphatic heterocycles. The lowest BCUT2D eigenvalue weighted by molar-refractivity contribution is -0.159. The number of carbonyl (C=O) groups excluding carboxylic acids is 2. The van der Waals surface area contributed by atoms with E-state index in [1.54, 1.807) is 11.8 Å². The highest BCUT2D eigenvalue weighted by Crippen LogP contribution is 2.48. The number of likely N-dealkylation sites (tertiary alicyclic amines) is 1. The van der Waals surface area contributed by atoms with E-state index in [2.05, 4.69) is 5.32 Å². The maximum Gasteiger partial charge on any atom is 0.330 e. The van der Waals surface area contributed by atoms with Gasteiger partial charge in [-0.15, -0.1) is 0 Å². The molecule has 1 fully saturated rings. The van der Waals surface area contributed by atoms with Crippen LogP contribution in [0.4, 0.5) is 8.78 Å². The van der Waals surface area contributed by atoms with E-state index in [9.17, 15) is 28.3 Å². The average molecular weight is 487 g/mol. The summed E-state index contributed by atoms with van der Waals surface area (Å²) in [6.07, 6.45) is 1.09. The average Bonchev–Trinajstić information content (AvgIpc) is 3.13. The van der Waals surface area contributed by atoms with Gasteiger partial charge in [-0.1, -0.05) is 51.1 Å². The van der Waals surface area contributed by atoms with E-state index in [1.807, 2.05) is 44.2 Å². The van der Waals surface area contributed by atoms with Crippen LogP contribution in [-0.2, 0) is 16.0 Å². The van der Waals surface area contributed by atoms with E-state index in [1.165, 1.54) is 0 Å². The van der Waals surface area contributed by atoms with Crippen molar-refractivity contribution in [2.75, 3.05) is 13.1 Å². The van der Waals surface area contributed by atoms with E-state index in [4.69, 9.17) is 0 Å². The molecule has 0 spiro atoms. The Bertz CT molecular complexity index is 1090. The Hall–Kier alpha value is -3.29. The van der Waals surface area contributed by atoms with Crippen molar-refractivity contribution in [2.24, 2.45) is 11.3 Å². The normalized spacial score (nSPS) is 19.6. The minimum atomic E-state index is -1.92. The molecular weight excluding hydrogens is 454 g/mol. The van der Waals surface area contributed by atoms with Crippen molar-refractivity contribution in [1.29, 1.82) is 0 Å². The van der Waals surface area contributed by atoms with E-state index < -0.39 is 34.5 Å². The summed E-state index contributed by atoms with van der Waals surface area (Å²) < 4.78 is 27.2. The van der Waals surface area contributed by atoms with Gasteiger partial charge in [0, 0.05) is 18.7 Å². The first-order valence-corrected chi connectivity index (χ1v) is 11.9. The van der Waals surface area contributed by atoms with E-state index >= 15 is 0 Å². The molecule has 2 amide bonds. The summed E-state index contributed by atoms with van der Waals surface area (Å²) in [7, 11) is 0. The van der Waals surface area contributed by atoms with Gasteiger partial charge in [-0.3, -0.25) is 9.59 Å². The second kappa shape index (κ2) is 10.5. The van der Waals surface area contributed by atoms with Crippen molar-refractivity contribution in [3.05, 3.63) is 71.3 Å². The molecule has 1 aliphatic rings. The number of hydrogen-bond donors (Lipinski definition) is 2. The third-order valence-corrected chi connectivity index (χ3v) is 7.00. The van der Waals surface area contributed by atoms with Crippen LogP contribution in [0.1, 0.15) is 56.0 Å². The third-order valence-electron chi connectivity index (χ3n) is 7.00. The maximum atomic E-state index is 13.9. The highest BCUT2D eigenvalue weighted by molar-refractivity contribution is 6.01. The molecule has 188 valence electrons. The number of aliphatic carboxylic acids is 1. The van der Waals surface area contributed by atoms with Gasteiger partial charge in [0.05, 0.1) is 5.41 Å². The zero-order valence-corrected chi connectivity index (χ0v) is 20.3. The Morgan fingerprint density at radius 3 is 2.40 bits per heavy atom. The number of nitrogens with one attached hydrogen (secondary N) is 1. The Morgan fingerprint density at radius 1 is 1.14 bits per heavy atom. The zero-order chi connectivity index (χ0) is 25.8. The highest BCUT2D eigenvalue weighted by Gasteiger charge is 2.64. The molecule has 2 unspecified atom stereocenters. The first kappa shape index (κ1) is 26.3. The third kappa shape index (κ3) is 5.06. The van der Waals surface area contributed by atoms with Crippen LogP contribution in [-0.4, -0.2) is 46.4 Å². The van der Waals surface area contributed by atoms with Crippen LogP contribution in [0.15, 0.2) is 48.5 Å². The molecule has 2 aromatic carbocycles. The number of benzene rings is 2. The number of hydrogen-bond acceptors (Lipinski definition) is 3. The van der Waals surface area contributed by atoms with Crippen molar-refractivity contribution in [2.45, 2.75) is 52.0 Å². The lowest BCUT2D eigenvalue weighted by Gasteiger charge is -2.45. The predicted molar refractivity (Wildman–Crippen MR) is 128 cm³/mol. The van der Waals surface area contributed by atoms with Gasteiger partial charge < -0.3 is 15.3 Å². The van der Waals surface area contributed by atoms with Crippen LogP contribution in [0.2, 0.25) is 0 Å². The van der Waals surface area contributed by atoms with Crippen LogP contribution in [0.3, 0.4) is 0 Å². The van der Waals surface area contributed by atoms with Crippen LogP contribution in [0.25, 0.3) is 0 Å². The Balaban J connectivity index is 1.97. The molecule has 0 saturated carbocycles. The number of nitrogens with zero attached hydrogens (tertiary/aromatic N) is 1. The molecule has 2 atom stereocenters. The van der Waals surface area contributed by atoms with Gasteiger partial charge in [0.15, 0.2) is 17.2 Å². The molecule has 0 aromatic heterocycles. The first-order chi connectivity index (χ1) is 16.6. The fraction of sp³-hybridized carbons (Fsp3) is 0.444. The number of carbonyl (C=O) groups is 3. The van der Waals surface area contributed by atoms with Gasteiger partial charge in [0.2, 0.25) is 5.91 Å². The quantitative estimate of drug-likeness (QED) is 0.520. The highest BCUT2D eigenvalue weighted by atomic mass is 19.2. The van der Waals surface area contributed by atoms with Gasteiger partial charge in [-0.2, -0.15) is 0 Å². The molecule has 2 N–H and O–H groups in total. The zero-order valence-electron chi connectivity index (χ0n) is 20.3. The van der Waals surface area contributed by atoms with Gasteiger partial charge >= 0.3 is 5.97 Å². The van der Waals surface area contributed by atoms with E-state index in [0.717, 1.165) is 23.8 Å². The number of rotatable bonds is 10. The van der Waals surface area contributed by atoms with Crippen molar-refractivity contribution >= 4 is 17.8 Å². The first-order valence-electron chi connectivity index (χ1n) is 11.9. The van der Waals surface area contributed by atoms with E-state index in [-0.39, 0.29) is 36.7 Å². The predicted octanol–water partition coefficient (Wildman–Crippen LogP) is 4.44. The number of carboxylic acid groups (broad SMARTS) is 1. The van der Waals surface area contributed by atoms with Gasteiger partial charge in [0.1, 0.15) is 0 Å². The van der Waals surface area contributed by atoms with Crippen molar-refractivity contribution < 1.29 is 28.3 Å². The van der Waals surface area contributed by atoms with E-state index in [0.29, 0.717) is 19.5 Å². The largest absolute Gasteiger partial charge is 0.479 e. The maximum absolute atomic E-state index is 13.9. The fourth-order valence-corrected chi connectivity index (χ4v) is 5.27. The van der Waals surface area contributed by atoms with Gasteiger partial charge in [-0.25, -0.2) is 13.6 Å². The SMILES string of the molecule is CCC(NC(=O)c1ccc(F)c(F)c1)(C(=O)O)C1(CC(C)C)CCN(CCc2ccccc2)C1=O. The smallest absolute Gasteiger partial charge is 0.330 e. The summed E-state index contributed by atoms with van der Waals surface area (Å²) in [5, 5.41) is 13.0. The molecule has 1 heterocycles. The molecule has 6 nitrogen and oxygen atoms in total. The molecule has 1 saturated heterocycles. The molecule has 0 aliphatic carbocycles. The molecule has 0 radical (unpaired) electrons. The molecule has 8 heteroatoms. The molecule has 35 heavy (non-hydrogen) atoms. The minimum absolute atomic E-state index is 0.0292. The Kier molecular flexibility index (Phi) is 7.93.